The smallest absolute Gasteiger partial charge is 0.190 e. The van der Waals surface area contributed by atoms with Crippen LogP contribution in [0.15, 0.2) is 0 Å². The van der Waals surface area contributed by atoms with E-state index < -0.39 is 49.9 Å². The van der Waals surface area contributed by atoms with Crippen molar-refractivity contribution in [2.45, 2.75) is 82.5 Å². The average molecular weight is 526 g/mol. The second-order valence-corrected chi connectivity index (χ2v) is 39.1. The van der Waals surface area contributed by atoms with Gasteiger partial charge in [0.25, 0.3) is 0 Å². The molecular formula is C15H42Cl2O4Si6. The molecule has 164 valence electrons. The Morgan fingerprint density at radius 1 is 0.556 bits per heavy atom. The van der Waals surface area contributed by atoms with Crippen molar-refractivity contribution in [1.29, 1.82) is 0 Å². The zero-order valence-corrected chi connectivity index (χ0v) is 26.5. The molecule has 0 aliphatic carbocycles. The van der Waals surface area contributed by atoms with E-state index >= 15 is 0 Å². The number of halogens is 2. The molecule has 12 heteroatoms. The van der Waals surface area contributed by atoms with Crippen molar-refractivity contribution in [3.63, 3.8) is 0 Å². The topological polar surface area (TPSA) is 58.9 Å². The van der Waals surface area contributed by atoms with Gasteiger partial charge in [-0.1, -0.05) is 0 Å². The second kappa shape index (κ2) is 9.90. The molecule has 0 spiro atoms. The fourth-order valence-corrected chi connectivity index (χ4v) is 45.6. The minimum absolute atomic E-state index is 0.516. The Hall–Kier alpha value is 1.72. The van der Waals surface area contributed by atoms with E-state index in [9.17, 15) is 9.59 Å². The van der Waals surface area contributed by atoms with Gasteiger partial charge in [0.2, 0.25) is 0 Å². The van der Waals surface area contributed by atoms with Crippen molar-refractivity contribution in [3.05, 3.63) is 0 Å². The summed E-state index contributed by atoms with van der Waals surface area (Å²) in [5, 5.41) is 0. The lowest BCUT2D eigenvalue weighted by Gasteiger charge is -2.43. The zero-order valence-electron chi connectivity index (χ0n) is 19.0. The van der Waals surface area contributed by atoms with Crippen LogP contribution in [-0.4, -0.2) is 70.5 Å². The van der Waals surface area contributed by atoms with Gasteiger partial charge in [0, 0.05) is 11.0 Å². The highest BCUT2D eigenvalue weighted by atomic mass is 35.5. The van der Waals surface area contributed by atoms with Gasteiger partial charge in [0.1, 0.15) is 0 Å². The molecule has 0 heterocycles. The maximum atomic E-state index is 10.4. The van der Waals surface area contributed by atoms with Gasteiger partial charge in [0.05, 0.1) is 0 Å². The maximum Gasteiger partial charge on any atom is 0.190 e. The van der Waals surface area contributed by atoms with Gasteiger partial charge in [-0.3, -0.25) is 0 Å². The lowest BCUT2D eigenvalue weighted by Crippen LogP contribution is -2.58. The summed E-state index contributed by atoms with van der Waals surface area (Å²) in [6.45, 7) is 21.2. The molecule has 2 atom stereocenters. The van der Waals surface area contributed by atoms with Gasteiger partial charge in [-0.15, -0.1) is 23.2 Å². The van der Waals surface area contributed by atoms with E-state index in [1.165, 1.54) is 0 Å². The Balaban J connectivity index is 5.28. The Morgan fingerprint density at radius 3 is 1.00 bits per heavy atom. The fraction of sp³-hybridized carbons (Fsp3) is 1.00. The van der Waals surface area contributed by atoms with E-state index in [2.05, 4.69) is 39.3 Å². The van der Waals surface area contributed by atoms with Gasteiger partial charge in [-0.25, -0.2) is 0 Å². The third kappa shape index (κ3) is 12.9. The van der Waals surface area contributed by atoms with Crippen molar-refractivity contribution in [2.24, 2.45) is 0 Å². The van der Waals surface area contributed by atoms with Gasteiger partial charge < -0.3 is 17.8 Å². The van der Waals surface area contributed by atoms with Crippen LogP contribution in [0.2, 0.25) is 82.5 Å². The molecule has 0 aliphatic heterocycles. The van der Waals surface area contributed by atoms with Crippen LogP contribution in [0.25, 0.3) is 0 Å². The molecule has 0 aromatic rings. The van der Waals surface area contributed by atoms with Gasteiger partial charge in [-0.2, -0.15) is 0 Å². The van der Waals surface area contributed by atoms with Crippen LogP contribution in [0.4, 0.5) is 0 Å². The average Bonchev–Trinajstić information content (AvgIpc) is 2.30. The molecule has 2 N–H and O–H groups in total. The number of hydrogen-bond donors (Lipinski definition) is 2. The summed E-state index contributed by atoms with van der Waals surface area (Å²) in [6.07, 6.45) is 0. The first-order valence-electron chi connectivity index (χ1n) is 9.63. The Kier molecular flexibility index (Phi) is 10.5. The highest BCUT2D eigenvalue weighted by Gasteiger charge is 2.46. The third-order valence-corrected chi connectivity index (χ3v) is 36.7. The van der Waals surface area contributed by atoms with E-state index in [0.717, 1.165) is 17.0 Å². The molecule has 0 aromatic carbocycles. The summed E-state index contributed by atoms with van der Waals surface area (Å²) in [5.41, 5.74) is 3.53. The summed E-state index contributed by atoms with van der Waals surface area (Å²) >= 11 is 12.6. The van der Waals surface area contributed by atoms with Crippen molar-refractivity contribution >= 4 is 73.1 Å². The molecule has 27 heavy (non-hydrogen) atoms. The molecule has 0 bridgehead atoms. The van der Waals surface area contributed by atoms with E-state index in [4.69, 9.17) is 31.4 Å². The Bertz CT molecular complexity index is 442. The summed E-state index contributed by atoms with van der Waals surface area (Å²) < 4.78 is 13.5. The molecule has 0 saturated carbocycles. The van der Waals surface area contributed by atoms with Crippen molar-refractivity contribution in [1.82, 2.24) is 0 Å². The van der Waals surface area contributed by atoms with Gasteiger partial charge in [-0.05, 0) is 82.5 Å². The lowest BCUT2D eigenvalue weighted by molar-refractivity contribution is 0.514. The molecule has 0 fully saturated rings. The molecule has 0 rings (SSSR count). The summed E-state index contributed by atoms with van der Waals surface area (Å²) in [7, 11) is -12.8. The standard InChI is InChI=1S/C15H42Cl2O4Si6/c1-22(2,18)13-26(9,11-16)20-24(5,6)15-25(7,8)21-27(10,12-17)14-23(3,4)19/h18-19H,11-15H2,1-10H3. The molecule has 0 aromatic heterocycles. The summed E-state index contributed by atoms with van der Waals surface area (Å²) in [5.74, 6) is 0. The molecule has 0 radical (unpaired) electrons. The van der Waals surface area contributed by atoms with E-state index in [1.54, 1.807) is 0 Å². The maximum absolute atomic E-state index is 10.4. The SMILES string of the molecule is C[Si](C)(O)C[Si](C)(CCl)O[Si](C)(C)C[Si](C)(C)O[Si](C)(CCl)C[Si](C)(C)O. The van der Waals surface area contributed by atoms with Crippen molar-refractivity contribution in [3.8, 4) is 0 Å². The van der Waals surface area contributed by atoms with Crippen LogP contribution in [0, 0.1) is 0 Å². The first kappa shape index (κ1) is 28.7. The normalized spacial score (nSPS) is 18.9. The number of alkyl halides is 2. The van der Waals surface area contributed by atoms with E-state index in [1.807, 2.05) is 26.2 Å². The first-order chi connectivity index (χ1) is 11.7. The van der Waals surface area contributed by atoms with Crippen molar-refractivity contribution in [2.75, 3.05) is 11.0 Å². The monoisotopic (exact) mass is 524 g/mol. The predicted molar refractivity (Wildman–Crippen MR) is 136 cm³/mol. The minimum Gasteiger partial charge on any atom is -0.455 e. The Labute approximate surface area is 183 Å². The molecule has 0 saturated heterocycles. The second-order valence-electron chi connectivity index (χ2n) is 11.0. The lowest BCUT2D eigenvalue weighted by atomic mass is 11.8. The quantitative estimate of drug-likeness (QED) is 0.273. The fourth-order valence-electron chi connectivity index (χ4n) is 4.48. The molecular weight excluding hydrogens is 484 g/mol. The highest BCUT2D eigenvalue weighted by Crippen LogP contribution is 2.32. The first-order valence-corrected chi connectivity index (χ1v) is 28.9. The largest absolute Gasteiger partial charge is 0.455 e. The molecule has 2 unspecified atom stereocenters. The minimum atomic E-state index is -2.22. The predicted octanol–water partition coefficient (Wildman–Crippen LogP) is 5.15. The summed E-state index contributed by atoms with van der Waals surface area (Å²) in [6, 6.07) is 0. The van der Waals surface area contributed by atoms with Gasteiger partial charge in [0.15, 0.2) is 49.9 Å². The number of hydrogen-bond acceptors (Lipinski definition) is 4. The molecule has 0 aliphatic rings. The van der Waals surface area contributed by atoms with Gasteiger partial charge >= 0.3 is 0 Å². The van der Waals surface area contributed by atoms with Crippen LogP contribution in [0.3, 0.4) is 0 Å². The summed E-state index contributed by atoms with van der Waals surface area (Å²) in [4.78, 5) is 20.8. The zero-order chi connectivity index (χ0) is 21.9. The molecule has 0 amide bonds. The van der Waals surface area contributed by atoms with Crippen LogP contribution >= 0.6 is 23.2 Å². The number of rotatable bonds is 12. The van der Waals surface area contributed by atoms with E-state index in [0.29, 0.717) is 11.0 Å². The van der Waals surface area contributed by atoms with Crippen LogP contribution in [0.5, 0.6) is 0 Å². The van der Waals surface area contributed by atoms with Crippen LogP contribution in [-0.2, 0) is 8.23 Å². The third-order valence-electron chi connectivity index (χ3n) is 4.08. The molecule has 4 nitrogen and oxygen atoms in total. The Morgan fingerprint density at radius 2 is 0.815 bits per heavy atom. The van der Waals surface area contributed by atoms with Crippen molar-refractivity contribution < 1.29 is 17.8 Å². The highest BCUT2D eigenvalue weighted by molar-refractivity contribution is 7.02. The van der Waals surface area contributed by atoms with Crippen LogP contribution in [0.1, 0.15) is 0 Å². The van der Waals surface area contributed by atoms with E-state index in [-0.39, 0.29) is 0 Å². The van der Waals surface area contributed by atoms with Crippen LogP contribution < -0.4 is 0 Å².